The van der Waals surface area contributed by atoms with Crippen LogP contribution in [0.2, 0.25) is 0 Å². The normalized spacial score (nSPS) is 24.1. The van der Waals surface area contributed by atoms with Gasteiger partial charge in [-0.15, -0.1) is 0 Å². The van der Waals surface area contributed by atoms with Gasteiger partial charge in [-0.1, -0.05) is 48.5 Å². The Morgan fingerprint density at radius 3 is 2.50 bits per heavy atom. The molecule has 1 N–H and O–H groups in total. The van der Waals surface area contributed by atoms with Crippen molar-refractivity contribution in [3.05, 3.63) is 77.1 Å². The summed E-state index contributed by atoms with van der Waals surface area (Å²) in [4.78, 5) is 26.9. The van der Waals surface area contributed by atoms with Crippen LogP contribution in [0, 0.1) is 5.82 Å². The fourth-order valence-corrected chi connectivity index (χ4v) is 3.85. The molecule has 2 aliphatic rings. The summed E-state index contributed by atoms with van der Waals surface area (Å²) in [6, 6.07) is 13.5. The van der Waals surface area contributed by atoms with Crippen molar-refractivity contribution in [2.24, 2.45) is 0 Å². The fourth-order valence-electron chi connectivity index (χ4n) is 3.85. The summed E-state index contributed by atoms with van der Waals surface area (Å²) in [5.74, 6) is -2.40. The molecule has 2 aromatic carbocycles. The molecule has 2 aromatic rings. The summed E-state index contributed by atoms with van der Waals surface area (Å²) in [5, 5.41) is 10.8. The topological polar surface area (TPSA) is 66.8 Å². The number of benzene rings is 2. The van der Waals surface area contributed by atoms with Crippen LogP contribution in [0.15, 0.2) is 60.2 Å². The van der Waals surface area contributed by atoms with Crippen LogP contribution >= 0.6 is 0 Å². The quantitative estimate of drug-likeness (QED) is 0.501. The molecule has 0 bridgehead atoms. The van der Waals surface area contributed by atoms with Gasteiger partial charge in [0.2, 0.25) is 0 Å². The van der Waals surface area contributed by atoms with Crippen molar-refractivity contribution in [3.8, 4) is 0 Å². The van der Waals surface area contributed by atoms with Gasteiger partial charge >= 0.3 is 0 Å². The lowest BCUT2D eigenvalue weighted by molar-refractivity contribution is -0.140. The predicted octanol–water partition coefficient (Wildman–Crippen LogP) is 3.43. The number of ether oxygens (including phenoxy) is 1. The summed E-state index contributed by atoms with van der Waals surface area (Å²) in [5.41, 5.74) is 0.482. The third-order valence-corrected chi connectivity index (χ3v) is 5.21. The molecule has 2 fully saturated rings. The zero-order valence-corrected chi connectivity index (χ0v) is 15.2. The van der Waals surface area contributed by atoms with Gasteiger partial charge < -0.3 is 14.7 Å². The number of hydrogen-bond donors (Lipinski definition) is 1. The van der Waals surface area contributed by atoms with Crippen molar-refractivity contribution in [2.45, 2.75) is 25.0 Å². The molecule has 2 atom stereocenters. The maximum atomic E-state index is 14.6. The third-order valence-electron chi connectivity index (χ3n) is 5.21. The largest absolute Gasteiger partial charge is 0.507 e. The first-order chi connectivity index (χ1) is 13.6. The van der Waals surface area contributed by atoms with Crippen molar-refractivity contribution >= 4 is 17.4 Å². The maximum absolute atomic E-state index is 14.6. The van der Waals surface area contributed by atoms with Gasteiger partial charge in [0, 0.05) is 24.3 Å². The molecule has 2 unspecified atom stereocenters. The van der Waals surface area contributed by atoms with E-state index >= 15 is 0 Å². The van der Waals surface area contributed by atoms with Gasteiger partial charge in [0.1, 0.15) is 11.6 Å². The monoisotopic (exact) mass is 381 g/mol. The second kappa shape index (κ2) is 7.56. The molecule has 5 nitrogen and oxygen atoms in total. The SMILES string of the molecule is O=C1C(=O)N(CC2CCCO2)C(c2ccccc2F)/C1=C(/O)c1ccccc1. The fraction of sp³-hybridized carbons (Fsp3) is 0.273. The Balaban J connectivity index is 1.84. The van der Waals surface area contributed by atoms with E-state index in [0.717, 1.165) is 12.8 Å². The number of carbonyl (C=O) groups is 2. The van der Waals surface area contributed by atoms with Gasteiger partial charge in [-0.25, -0.2) is 4.39 Å². The van der Waals surface area contributed by atoms with Gasteiger partial charge in [-0.05, 0) is 18.9 Å². The average molecular weight is 381 g/mol. The zero-order chi connectivity index (χ0) is 19.7. The Morgan fingerprint density at radius 2 is 1.82 bits per heavy atom. The highest BCUT2D eigenvalue weighted by Crippen LogP contribution is 2.40. The van der Waals surface area contributed by atoms with Crippen LogP contribution in [0.3, 0.4) is 0 Å². The number of halogens is 1. The van der Waals surface area contributed by atoms with Gasteiger partial charge in [-0.3, -0.25) is 9.59 Å². The summed E-state index contributed by atoms with van der Waals surface area (Å²) in [6.45, 7) is 0.776. The Bertz CT molecular complexity index is 935. The average Bonchev–Trinajstić information content (AvgIpc) is 3.31. The molecule has 1 amide bonds. The second-order valence-electron chi connectivity index (χ2n) is 6.97. The van der Waals surface area contributed by atoms with Crippen molar-refractivity contribution in [2.75, 3.05) is 13.2 Å². The Morgan fingerprint density at radius 1 is 1.11 bits per heavy atom. The van der Waals surface area contributed by atoms with E-state index in [0.29, 0.717) is 12.2 Å². The number of aliphatic hydroxyl groups is 1. The summed E-state index contributed by atoms with van der Waals surface area (Å²) >= 11 is 0. The molecule has 0 aromatic heterocycles. The number of rotatable bonds is 4. The predicted molar refractivity (Wildman–Crippen MR) is 101 cm³/mol. The lowest BCUT2D eigenvalue weighted by Crippen LogP contribution is -2.36. The third kappa shape index (κ3) is 3.20. The van der Waals surface area contributed by atoms with E-state index in [1.165, 1.54) is 17.0 Å². The van der Waals surface area contributed by atoms with E-state index in [2.05, 4.69) is 0 Å². The Kier molecular flexibility index (Phi) is 4.96. The Hall–Kier alpha value is -2.99. The van der Waals surface area contributed by atoms with Crippen LogP contribution in [0.5, 0.6) is 0 Å². The molecule has 4 rings (SSSR count). The molecule has 2 aliphatic heterocycles. The van der Waals surface area contributed by atoms with Gasteiger partial charge in [0.25, 0.3) is 11.7 Å². The van der Waals surface area contributed by atoms with Crippen LogP contribution in [-0.4, -0.2) is 41.0 Å². The van der Waals surface area contributed by atoms with Crippen LogP contribution in [0.1, 0.15) is 30.0 Å². The molecular weight excluding hydrogens is 361 g/mol. The van der Waals surface area contributed by atoms with Crippen molar-refractivity contribution < 1.29 is 23.8 Å². The van der Waals surface area contributed by atoms with Crippen molar-refractivity contribution in [3.63, 3.8) is 0 Å². The number of carbonyl (C=O) groups excluding carboxylic acids is 2. The molecule has 0 aliphatic carbocycles. The molecule has 2 heterocycles. The van der Waals surface area contributed by atoms with Gasteiger partial charge in [0.15, 0.2) is 0 Å². The number of hydrogen-bond acceptors (Lipinski definition) is 4. The van der Waals surface area contributed by atoms with Crippen LogP contribution < -0.4 is 0 Å². The van der Waals surface area contributed by atoms with E-state index in [4.69, 9.17) is 4.74 Å². The molecule has 0 saturated carbocycles. The molecule has 0 radical (unpaired) electrons. The highest BCUT2D eigenvalue weighted by Gasteiger charge is 2.47. The summed E-state index contributed by atoms with van der Waals surface area (Å²) < 4.78 is 20.3. The molecular formula is C22H20FNO4. The first-order valence-corrected chi connectivity index (χ1v) is 9.28. The minimum atomic E-state index is -0.995. The van der Waals surface area contributed by atoms with E-state index in [1.54, 1.807) is 42.5 Å². The lowest BCUT2D eigenvalue weighted by atomic mass is 9.95. The first kappa shape index (κ1) is 18.4. The zero-order valence-electron chi connectivity index (χ0n) is 15.2. The number of ketones is 1. The van der Waals surface area contributed by atoms with Gasteiger partial charge in [-0.2, -0.15) is 0 Å². The highest BCUT2D eigenvalue weighted by molar-refractivity contribution is 6.46. The van der Waals surface area contributed by atoms with E-state index in [9.17, 15) is 19.1 Å². The number of Topliss-reactive ketones (excluding diaryl/α,β-unsaturated/α-hetero) is 1. The van der Waals surface area contributed by atoms with Crippen LogP contribution in [0.4, 0.5) is 4.39 Å². The highest BCUT2D eigenvalue weighted by atomic mass is 19.1. The van der Waals surface area contributed by atoms with Crippen LogP contribution in [-0.2, 0) is 14.3 Å². The summed E-state index contributed by atoms with van der Waals surface area (Å²) in [6.07, 6.45) is 1.44. The van der Waals surface area contributed by atoms with Gasteiger partial charge in [0.05, 0.1) is 17.7 Å². The number of nitrogens with zero attached hydrogens (tertiary/aromatic N) is 1. The Labute approximate surface area is 162 Å². The molecule has 0 spiro atoms. The maximum Gasteiger partial charge on any atom is 0.295 e. The second-order valence-corrected chi connectivity index (χ2v) is 6.97. The molecule has 2 saturated heterocycles. The van der Waals surface area contributed by atoms with E-state index in [1.807, 2.05) is 0 Å². The number of likely N-dealkylation sites (tertiary alicyclic amines) is 1. The first-order valence-electron chi connectivity index (χ1n) is 9.28. The molecule has 6 heteroatoms. The van der Waals surface area contributed by atoms with Crippen molar-refractivity contribution in [1.82, 2.24) is 4.90 Å². The number of aliphatic hydroxyl groups excluding tert-OH is 1. The van der Waals surface area contributed by atoms with E-state index in [-0.39, 0.29) is 29.5 Å². The lowest BCUT2D eigenvalue weighted by Gasteiger charge is -2.27. The van der Waals surface area contributed by atoms with Crippen LogP contribution in [0.25, 0.3) is 5.76 Å². The van der Waals surface area contributed by atoms with E-state index < -0.39 is 23.5 Å². The minimum Gasteiger partial charge on any atom is -0.507 e. The van der Waals surface area contributed by atoms with Crippen molar-refractivity contribution in [1.29, 1.82) is 0 Å². The summed E-state index contributed by atoms with van der Waals surface area (Å²) in [7, 11) is 0. The smallest absolute Gasteiger partial charge is 0.295 e. The minimum absolute atomic E-state index is 0.0979. The molecule has 28 heavy (non-hydrogen) atoms. The number of amides is 1. The standard InChI is InChI=1S/C22H20FNO4/c23-17-11-5-4-10-16(17)19-18(20(25)14-7-2-1-3-8-14)21(26)22(27)24(19)13-15-9-6-12-28-15/h1-5,7-8,10-11,15,19,25H,6,9,12-13H2/b20-18-. The molecule has 144 valence electrons.